The number of anilines is 1. The zero-order valence-corrected chi connectivity index (χ0v) is 22.1. The molecule has 0 bridgehead atoms. The zero-order valence-electron chi connectivity index (χ0n) is 21.3. The van der Waals surface area contributed by atoms with E-state index in [4.69, 9.17) is 19.0 Å². The van der Waals surface area contributed by atoms with Crippen LogP contribution in [-0.4, -0.2) is 41.6 Å². The first-order chi connectivity index (χ1) is 18.4. The molecule has 0 saturated heterocycles. The summed E-state index contributed by atoms with van der Waals surface area (Å²) in [6.07, 6.45) is 1.86. The highest BCUT2D eigenvalue weighted by Crippen LogP contribution is 2.33. The molecule has 38 heavy (non-hydrogen) atoms. The molecule has 1 aromatic heterocycles. The summed E-state index contributed by atoms with van der Waals surface area (Å²) in [7, 11) is 2.11. The number of hydrogen-bond acceptors (Lipinski definition) is 7. The molecule has 1 aliphatic rings. The first-order valence-corrected chi connectivity index (χ1v) is 13.0. The van der Waals surface area contributed by atoms with Gasteiger partial charge >= 0.3 is 0 Å². The van der Waals surface area contributed by atoms with Crippen LogP contribution in [0.2, 0.25) is 0 Å². The maximum atomic E-state index is 8.83. The van der Waals surface area contributed by atoms with Crippen LogP contribution in [-0.2, 0) is 22.2 Å². The molecule has 1 aliphatic heterocycles. The highest BCUT2D eigenvalue weighted by atomic mass is 32.2. The minimum atomic E-state index is -2.88. The molecule has 0 amide bonds. The molecular formula is C28H28N5O4S-. The summed E-state index contributed by atoms with van der Waals surface area (Å²) in [5.41, 5.74) is 7.55. The van der Waals surface area contributed by atoms with Gasteiger partial charge in [-0.1, -0.05) is 60.7 Å². The van der Waals surface area contributed by atoms with E-state index in [1.165, 1.54) is 5.56 Å². The topological polar surface area (TPSA) is 118 Å². The van der Waals surface area contributed by atoms with Gasteiger partial charge in [0.05, 0.1) is 23.1 Å². The van der Waals surface area contributed by atoms with E-state index >= 15 is 0 Å². The summed E-state index contributed by atoms with van der Waals surface area (Å²) >= 11 is -2.88. The molecule has 1 N–H and O–H groups in total. The number of rotatable bonds is 7. The van der Waals surface area contributed by atoms with Crippen molar-refractivity contribution in [1.82, 2.24) is 9.78 Å². The number of benzene rings is 3. The lowest BCUT2D eigenvalue weighted by Crippen LogP contribution is -2.18. The van der Waals surface area contributed by atoms with Crippen LogP contribution in [0.4, 0.5) is 17.2 Å². The predicted octanol–water partition coefficient (Wildman–Crippen LogP) is 4.05. The van der Waals surface area contributed by atoms with E-state index in [1.807, 2.05) is 23.0 Å². The average Bonchev–Trinajstić information content (AvgIpc) is 3.47. The third-order valence-electron chi connectivity index (χ3n) is 5.98. The molecule has 9 nitrogen and oxygen atoms in total. The zero-order chi connectivity index (χ0) is 27.1. The van der Waals surface area contributed by atoms with E-state index in [1.54, 1.807) is 0 Å². The minimum Gasteiger partial charge on any atom is -0.750 e. The second-order valence-corrected chi connectivity index (χ2v) is 9.32. The van der Waals surface area contributed by atoms with E-state index in [0.717, 1.165) is 39.7 Å². The SMILES string of the molecule is CC(C)n1ncc(N=C2C(c3ccccc3)=[N+](C)c3ccccc32)c1NCc1ccccc1.O=S([O-])O[O-]. The molecule has 0 fully saturated rings. The lowest BCUT2D eigenvalue weighted by molar-refractivity contribution is -0.635. The Kier molecular flexibility index (Phi) is 8.93. The lowest BCUT2D eigenvalue weighted by Gasteiger charge is -2.14. The fourth-order valence-corrected chi connectivity index (χ4v) is 4.31. The first kappa shape index (κ1) is 27.1. The molecule has 4 aromatic rings. The van der Waals surface area contributed by atoms with E-state index in [0.29, 0.717) is 6.54 Å². The molecule has 3 aromatic carbocycles. The van der Waals surface area contributed by atoms with E-state index in [9.17, 15) is 0 Å². The fourth-order valence-electron chi connectivity index (χ4n) is 4.31. The van der Waals surface area contributed by atoms with Crippen molar-refractivity contribution in [2.45, 2.75) is 26.4 Å². The minimum absolute atomic E-state index is 0.216. The van der Waals surface area contributed by atoms with Gasteiger partial charge in [0.2, 0.25) is 11.4 Å². The fraction of sp³-hybridized carbons (Fsp3) is 0.179. The largest absolute Gasteiger partial charge is 0.750 e. The Morgan fingerprint density at radius 2 is 1.63 bits per heavy atom. The van der Waals surface area contributed by atoms with Gasteiger partial charge in [0.1, 0.15) is 18.4 Å². The van der Waals surface area contributed by atoms with Crippen molar-refractivity contribution >= 4 is 40.0 Å². The number of aliphatic imine (C=N–C) groups is 1. The second-order valence-electron chi connectivity index (χ2n) is 8.78. The average molecular weight is 531 g/mol. The van der Waals surface area contributed by atoms with Gasteiger partial charge in [-0.05, 0) is 37.6 Å². The quantitative estimate of drug-likeness (QED) is 0.167. The van der Waals surface area contributed by atoms with Crippen molar-refractivity contribution in [2.75, 3.05) is 12.4 Å². The number of aromatic nitrogens is 2. The maximum Gasteiger partial charge on any atom is 0.239 e. The van der Waals surface area contributed by atoms with Crippen LogP contribution in [0, 0.1) is 0 Å². The van der Waals surface area contributed by atoms with Crippen molar-refractivity contribution in [3.8, 4) is 0 Å². The van der Waals surface area contributed by atoms with Crippen LogP contribution in [0.3, 0.4) is 0 Å². The Hall–Kier alpha value is -3.96. The van der Waals surface area contributed by atoms with Crippen molar-refractivity contribution in [3.63, 3.8) is 0 Å². The predicted molar refractivity (Wildman–Crippen MR) is 145 cm³/mol. The molecule has 0 aliphatic carbocycles. The standard InChI is InChI=1S/C28H27N5.H2O4S/c1-20(2)33-28(29-18-21-12-6-4-7-13-21)24(19-30-33)31-26-23-16-10-11-17-25(23)32(3)27(26)22-14-8-5-9-15-22;1-4-5(2)3/h4-17,19-20H,18H2,1-3H3;1H,(H,2,3)/p-1. The summed E-state index contributed by atoms with van der Waals surface area (Å²) in [6, 6.07) is 29.5. The van der Waals surface area contributed by atoms with Crippen LogP contribution in [0.1, 0.15) is 36.6 Å². The molecular weight excluding hydrogens is 502 g/mol. The van der Waals surface area contributed by atoms with Crippen molar-refractivity contribution < 1.29 is 22.9 Å². The van der Waals surface area contributed by atoms with Gasteiger partial charge in [0.15, 0.2) is 5.82 Å². The molecule has 5 rings (SSSR count). The summed E-state index contributed by atoms with van der Waals surface area (Å²) < 4.78 is 24.3. The third-order valence-corrected chi connectivity index (χ3v) is 6.09. The van der Waals surface area contributed by atoms with Crippen molar-refractivity contribution in [1.29, 1.82) is 0 Å². The van der Waals surface area contributed by atoms with Crippen molar-refractivity contribution in [2.24, 2.45) is 4.99 Å². The van der Waals surface area contributed by atoms with E-state index < -0.39 is 11.4 Å². The van der Waals surface area contributed by atoms with Crippen LogP contribution in [0.15, 0.2) is 96.1 Å². The van der Waals surface area contributed by atoms with Gasteiger partial charge in [0, 0.05) is 24.2 Å². The van der Waals surface area contributed by atoms with Crippen molar-refractivity contribution in [3.05, 3.63) is 108 Å². The second kappa shape index (κ2) is 12.5. The van der Waals surface area contributed by atoms with Gasteiger partial charge in [-0.25, -0.2) is 13.9 Å². The first-order valence-electron chi connectivity index (χ1n) is 12.0. The number of nitrogens with one attached hydrogen (secondary N) is 1. The summed E-state index contributed by atoms with van der Waals surface area (Å²) in [6.45, 7) is 4.98. The smallest absolute Gasteiger partial charge is 0.239 e. The van der Waals surface area contributed by atoms with Gasteiger partial charge in [-0.3, -0.25) is 0 Å². The third kappa shape index (κ3) is 6.12. The van der Waals surface area contributed by atoms with Gasteiger partial charge in [-0.2, -0.15) is 9.67 Å². The molecule has 0 spiro atoms. The number of hydrogen-bond donors (Lipinski definition) is 1. The Labute approximate surface area is 224 Å². The number of nitrogens with zero attached hydrogens (tertiary/aromatic N) is 4. The van der Waals surface area contributed by atoms with Gasteiger partial charge in [0.25, 0.3) is 0 Å². The Balaban J connectivity index is 0.000000617. The molecule has 196 valence electrons. The summed E-state index contributed by atoms with van der Waals surface area (Å²) in [4.78, 5) is 5.22. The molecule has 2 heterocycles. The summed E-state index contributed by atoms with van der Waals surface area (Å²) in [5.74, 6) is 0.931. The Bertz CT molecular complexity index is 1470. The van der Waals surface area contributed by atoms with Gasteiger partial charge in [-0.15, -0.1) is 0 Å². The van der Waals surface area contributed by atoms with Crippen LogP contribution in [0.25, 0.3) is 0 Å². The highest BCUT2D eigenvalue weighted by molar-refractivity contribution is 7.73. The van der Waals surface area contributed by atoms with E-state index in [2.05, 4.69) is 113 Å². The van der Waals surface area contributed by atoms with Gasteiger partial charge < -0.3 is 19.5 Å². The number of para-hydroxylation sites is 1. The van der Waals surface area contributed by atoms with Crippen LogP contribution in [0.5, 0.6) is 0 Å². The molecule has 10 heteroatoms. The van der Waals surface area contributed by atoms with E-state index in [-0.39, 0.29) is 6.04 Å². The highest BCUT2D eigenvalue weighted by Gasteiger charge is 2.35. The molecule has 0 radical (unpaired) electrons. The summed E-state index contributed by atoms with van der Waals surface area (Å²) in [5, 5.41) is 16.8. The normalized spacial score (nSPS) is 14.3. The Morgan fingerprint density at radius 3 is 2.26 bits per heavy atom. The number of fused-ring (bicyclic) bond motifs is 1. The molecule has 1 atom stereocenters. The van der Waals surface area contributed by atoms with Crippen LogP contribution >= 0.6 is 0 Å². The monoisotopic (exact) mass is 530 g/mol. The Morgan fingerprint density at radius 1 is 1.03 bits per heavy atom. The lowest BCUT2D eigenvalue weighted by atomic mass is 10.0. The van der Waals surface area contributed by atoms with Crippen LogP contribution < -0.4 is 10.6 Å². The maximum absolute atomic E-state index is 8.83. The molecule has 0 saturated carbocycles. The molecule has 1 unspecified atom stereocenters.